The number of carbonyl (C=O) groups is 3. The maximum absolute atomic E-state index is 12.5. The summed E-state index contributed by atoms with van der Waals surface area (Å²) in [4.78, 5) is 44.8. The summed E-state index contributed by atoms with van der Waals surface area (Å²) in [6.45, 7) is 3.56. The number of carbonyl (C=O) groups excluding carboxylic acids is 3. The first-order valence-corrected chi connectivity index (χ1v) is 13.6. The highest BCUT2D eigenvalue weighted by molar-refractivity contribution is 7.32. The molecule has 0 radical (unpaired) electrons. The lowest BCUT2D eigenvalue weighted by Crippen LogP contribution is -2.23. The van der Waals surface area contributed by atoms with Gasteiger partial charge >= 0.3 is 26.3 Å². The second kappa shape index (κ2) is 18.7. The number of aliphatic hydroxyl groups is 1. The summed E-state index contributed by atoms with van der Waals surface area (Å²) in [5, 5.41) is 10.4. The Bertz CT molecular complexity index is 842. The highest BCUT2D eigenvalue weighted by atomic mass is 31.1. The summed E-state index contributed by atoms with van der Waals surface area (Å²) in [7, 11) is -3.24. The molecule has 2 unspecified atom stereocenters. The third-order valence-electron chi connectivity index (χ3n) is 5.31. The highest BCUT2D eigenvalue weighted by Crippen LogP contribution is 2.27. The van der Waals surface area contributed by atoms with E-state index < -0.39 is 32.5 Å². The van der Waals surface area contributed by atoms with Crippen LogP contribution in [0.1, 0.15) is 94.0 Å². The van der Waals surface area contributed by atoms with Gasteiger partial charge in [-0.05, 0) is 25.0 Å². The molecule has 0 aromatic heterocycles. The summed E-state index contributed by atoms with van der Waals surface area (Å²) in [5.41, 5.74) is 0.124. The van der Waals surface area contributed by atoms with Crippen molar-refractivity contribution < 1.29 is 47.7 Å². The minimum Gasteiger partial charge on any atom is -0.463 e. The first kappa shape index (κ1) is 31.5. The van der Waals surface area contributed by atoms with Crippen LogP contribution < -0.4 is 4.74 Å². The number of aliphatic hydroxyl groups excluding tert-OH is 1. The van der Waals surface area contributed by atoms with Crippen LogP contribution in [0.25, 0.3) is 0 Å². The lowest BCUT2D eigenvalue weighted by Gasteiger charge is -2.16. The first-order valence-electron chi connectivity index (χ1n) is 12.5. The number of unbranched alkanes of at least 4 members (excludes halogenated alkanes) is 8. The van der Waals surface area contributed by atoms with E-state index >= 15 is 0 Å². The smallest absolute Gasteiger partial charge is 0.463 e. The number of rotatable bonds is 18. The molecule has 0 amide bonds. The average molecular weight is 530 g/mol. The van der Waals surface area contributed by atoms with E-state index in [0.29, 0.717) is 0 Å². The van der Waals surface area contributed by atoms with Gasteiger partial charge in [0.1, 0.15) is 17.9 Å². The van der Waals surface area contributed by atoms with Gasteiger partial charge < -0.3 is 19.3 Å². The predicted octanol–water partition coefficient (Wildman–Crippen LogP) is 5.40. The van der Waals surface area contributed by atoms with E-state index in [4.69, 9.17) is 19.1 Å². The Morgan fingerprint density at radius 1 is 0.944 bits per heavy atom. The predicted molar refractivity (Wildman–Crippen MR) is 132 cm³/mol. The number of hydrogen-bond donors (Lipinski definition) is 2. The zero-order valence-electron chi connectivity index (χ0n) is 21.1. The Morgan fingerprint density at radius 2 is 1.58 bits per heavy atom. The van der Waals surface area contributed by atoms with E-state index in [-0.39, 0.29) is 42.9 Å². The van der Waals surface area contributed by atoms with Crippen molar-refractivity contribution in [2.45, 2.75) is 90.6 Å². The van der Waals surface area contributed by atoms with Crippen molar-refractivity contribution >= 4 is 26.3 Å². The van der Waals surface area contributed by atoms with Crippen molar-refractivity contribution in [1.82, 2.24) is 0 Å². The molecule has 10 nitrogen and oxygen atoms in total. The van der Waals surface area contributed by atoms with Crippen molar-refractivity contribution in [3.05, 3.63) is 29.3 Å². The van der Waals surface area contributed by atoms with Gasteiger partial charge in [-0.1, -0.05) is 70.4 Å². The van der Waals surface area contributed by atoms with Crippen LogP contribution in [0.3, 0.4) is 0 Å². The van der Waals surface area contributed by atoms with Gasteiger partial charge in [0.05, 0.1) is 12.7 Å². The minimum atomic E-state index is -3.24. The van der Waals surface area contributed by atoms with Crippen molar-refractivity contribution in [3.63, 3.8) is 0 Å². The van der Waals surface area contributed by atoms with Crippen molar-refractivity contribution in [2.75, 3.05) is 13.2 Å². The molecule has 202 valence electrons. The van der Waals surface area contributed by atoms with Crippen molar-refractivity contribution in [3.8, 4) is 5.75 Å². The topological polar surface area (TPSA) is 146 Å². The number of ether oxygens (including phenoxy) is 3. The molecule has 36 heavy (non-hydrogen) atoms. The fraction of sp³-hybridized carbons (Fsp3) is 0.640. The molecule has 0 fully saturated rings. The van der Waals surface area contributed by atoms with Crippen LogP contribution in [0, 0.1) is 0 Å². The summed E-state index contributed by atoms with van der Waals surface area (Å²) >= 11 is 0. The zero-order chi connectivity index (χ0) is 26.8. The van der Waals surface area contributed by atoms with Gasteiger partial charge in [-0.25, -0.2) is 4.79 Å². The SMILES string of the molecule is CCCCCCCCCCCC(=O)OCC(O)Cc1cccc(OC(=O)O[P+](=O)O)c1C(=O)OCC. The molecule has 1 rings (SSSR count). The molecule has 2 atom stereocenters. The maximum Gasteiger partial charge on any atom is 0.753 e. The van der Waals surface area contributed by atoms with Crippen LogP contribution >= 0.6 is 8.25 Å². The van der Waals surface area contributed by atoms with E-state index in [2.05, 4.69) is 11.4 Å². The highest BCUT2D eigenvalue weighted by Gasteiger charge is 2.27. The van der Waals surface area contributed by atoms with Crippen LogP contribution in [0.2, 0.25) is 0 Å². The van der Waals surface area contributed by atoms with Crippen LogP contribution in [0.5, 0.6) is 5.75 Å². The molecule has 0 aliphatic rings. The van der Waals surface area contributed by atoms with Gasteiger partial charge in [-0.15, -0.1) is 9.42 Å². The van der Waals surface area contributed by atoms with Crippen LogP contribution in [-0.2, 0) is 29.8 Å². The molecular formula is C25H38O10P+. The van der Waals surface area contributed by atoms with E-state index in [1.54, 1.807) is 6.92 Å². The van der Waals surface area contributed by atoms with E-state index in [1.807, 2.05) is 0 Å². The van der Waals surface area contributed by atoms with Gasteiger partial charge in [-0.2, -0.15) is 4.79 Å². The Balaban J connectivity index is 2.55. The summed E-state index contributed by atoms with van der Waals surface area (Å²) in [6, 6.07) is 4.26. The number of benzene rings is 1. The van der Waals surface area contributed by atoms with Crippen molar-refractivity contribution in [1.29, 1.82) is 0 Å². The third-order valence-corrected chi connectivity index (χ3v) is 5.62. The molecule has 11 heteroatoms. The summed E-state index contributed by atoms with van der Waals surface area (Å²) in [5.74, 6) is -1.48. The van der Waals surface area contributed by atoms with Gasteiger partial charge in [-0.3, -0.25) is 4.79 Å². The lowest BCUT2D eigenvalue weighted by molar-refractivity contribution is -0.146. The van der Waals surface area contributed by atoms with Crippen LogP contribution in [-0.4, -0.2) is 47.4 Å². The zero-order valence-corrected chi connectivity index (χ0v) is 22.0. The Hall–Kier alpha value is -2.55. The van der Waals surface area contributed by atoms with Gasteiger partial charge in [0.15, 0.2) is 0 Å². The maximum atomic E-state index is 12.5. The van der Waals surface area contributed by atoms with Gasteiger partial charge in [0.2, 0.25) is 0 Å². The van der Waals surface area contributed by atoms with Crippen molar-refractivity contribution in [2.24, 2.45) is 0 Å². The summed E-state index contributed by atoms with van der Waals surface area (Å²) in [6.07, 6.45) is 7.77. The average Bonchev–Trinajstić information content (AvgIpc) is 2.81. The van der Waals surface area contributed by atoms with Crippen LogP contribution in [0.15, 0.2) is 18.2 Å². The van der Waals surface area contributed by atoms with E-state index in [9.17, 15) is 24.1 Å². The molecule has 0 bridgehead atoms. The van der Waals surface area contributed by atoms with E-state index in [0.717, 1.165) is 19.3 Å². The lowest BCUT2D eigenvalue weighted by atomic mass is 10.0. The quantitative estimate of drug-likeness (QED) is 0.110. The molecule has 2 N–H and O–H groups in total. The molecule has 0 aliphatic carbocycles. The fourth-order valence-electron chi connectivity index (χ4n) is 3.59. The molecular weight excluding hydrogens is 491 g/mol. The molecule has 1 aromatic carbocycles. The fourth-order valence-corrected chi connectivity index (χ4v) is 3.76. The Morgan fingerprint density at radius 3 is 2.19 bits per heavy atom. The number of esters is 2. The normalized spacial score (nSPS) is 11.9. The molecule has 1 aromatic rings. The largest absolute Gasteiger partial charge is 0.753 e. The second-order valence-electron chi connectivity index (χ2n) is 8.31. The monoisotopic (exact) mass is 529 g/mol. The molecule has 0 saturated carbocycles. The first-order chi connectivity index (χ1) is 17.3. The molecule has 0 heterocycles. The molecule has 0 aliphatic heterocycles. The molecule has 0 spiro atoms. The van der Waals surface area contributed by atoms with Gasteiger partial charge in [0.25, 0.3) is 0 Å². The second-order valence-corrected chi connectivity index (χ2v) is 8.97. The van der Waals surface area contributed by atoms with Gasteiger partial charge in [0, 0.05) is 17.4 Å². The number of hydrogen-bond acceptors (Lipinski definition) is 9. The third kappa shape index (κ3) is 13.5. The van der Waals surface area contributed by atoms with Crippen LogP contribution in [0.4, 0.5) is 4.79 Å². The Kier molecular flexibility index (Phi) is 16.3. The summed E-state index contributed by atoms with van der Waals surface area (Å²) < 4.78 is 29.8. The Labute approximate surface area is 213 Å². The molecule has 0 saturated heterocycles. The minimum absolute atomic E-state index is 0.0403. The van der Waals surface area contributed by atoms with E-state index in [1.165, 1.54) is 56.7 Å². The standard InChI is InChI=1S/C25H37O10P/c1-3-5-6-7-8-9-10-11-12-16-22(27)33-18-20(26)17-19-14-13-15-21(23(19)24(28)32-4-2)34-25(29)35-36(30)31/h13-15,20,26H,3-12,16-18H2,1-2H3/p+1.